The molecule has 0 saturated carbocycles. The summed E-state index contributed by atoms with van der Waals surface area (Å²) >= 11 is 0. The van der Waals surface area contributed by atoms with Crippen molar-refractivity contribution in [2.45, 2.75) is 6.42 Å². The Hall–Kier alpha value is -0.830. The van der Waals surface area contributed by atoms with Gasteiger partial charge >= 0.3 is 0 Å². The Morgan fingerprint density at radius 2 is 2.55 bits per heavy atom. The van der Waals surface area contributed by atoms with E-state index in [1.807, 2.05) is 6.08 Å². The van der Waals surface area contributed by atoms with Crippen molar-refractivity contribution in [2.24, 2.45) is 10.7 Å². The molecule has 0 aliphatic carbocycles. The van der Waals surface area contributed by atoms with Crippen LogP contribution in [0.5, 0.6) is 0 Å². The molecule has 0 spiro atoms. The Balaban J connectivity index is 2.41. The van der Waals surface area contributed by atoms with E-state index in [1.54, 1.807) is 0 Å². The molecular weight excluding hydrogens is 138 g/mol. The highest BCUT2D eigenvalue weighted by atomic mass is 15.2. The van der Waals surface area contributed by atoms with Crippen molar-refractivity contribution in [1.29, 1.82) is 0 Å². The summed E-state index contributed by atoms with van der Waals surface area (Å²) in [4.78, 5) is 6.57. The van der Waals surface area contributed by atoms with Crippen LogP contribution in [-0.2, 0) is 0 Å². The molecule has 11 heavy (non-hydrogen) atoms. The highest BCUT2D eigenvalue weighted by Gasteiger charge is 2.13. The first-order valence-electron chi connectivity index (χ1n) is 3.97. The van der Waals surface area contributed by atoms with E-state index in [0.717, 1.165) is 31.9 Å². The molecule has 0 aromatic heterocycles. The van der Waals surface area contributed by atoms with Crippen molar-refractivity contribution >= 4 is 5.84 Å². The highest BCUT2D eigenvalue weighted by Crippen LogP contribution is 2.03. The molecule has 2 N–H and O–H groups in total. The highest BCUT2D eigenvalue weighted by molar-refractivity contribution is 5.84. The third kappa shape index (κ3) is 2.05. The summed E-state index contributed by atoms with van der Waals surface area (Å²) in [6.45, 7) is 7.26. The van der Waals surface area contributed by atoms with Crippen LogP contribution in [-0.4, -0.2) is 36.9 Å². The standard InChI is InChI=1S/C8H15N3/c1-2-3-8-10-5-7-11(8)6-4-9/h2H,1,3-7,9H2. The van der Waals surface area contributed by atoms with Gasteiger partial charge in [0.25, 0.3) is 0 Å². The van der Waals surface area contributed by atoms with Gasteiger partial charge in [-0.1, -0.05) is 6.08 Å². The van der Waals surface area contributed by atoms with Gasteiger partial charge in [-0.15, -0.1) is 6.58 Å². The zero-order valence-corrected chi connectivity index (χ0v) is 6.79. The SMILES string of the molecule is C=CCC1=NCCN1CCN. The summed E-state index contributed by atoms with van der Waals surface area (Å²) in [5.74, 6) is 1.14. The lowest BCUT2D eigenvalue weighted by Gasteiger charge is -2.17. The molecule has 0 saturated heterocycles. The first kappa shape index (κ1) is 8.27. The van der Waals surface area contributed by atoms with Crippen LogP contribution in [0.15, 0.2) is 17.6 Å². The molecule has 1 heterocycles. The minimum atomic E-state index is 0.705. The van der Waals surface area contributed by atoms with Crippen molar-refractivity contribution in [3.05, 3.63) is 12.7 Å². The summed E-state index contributed by atoms with van der Waals surface area (Å²) in [5, 5.41) is 0. The molecule has 1 rings (SSSR count). The molecule has 3 heteroatoms. The maximum Gasteiger partial charge on any atom is 0.103 e. The van der Waals surface area contributed by atoms with Gasteiger partial charge in [-0.3, -0.25) is 4.99 Å². The Morgan fingerprint density at radius 1 is 1.73 bits per heavy atom. The molecular formula is C8H15N3. The van der Waals surface area contributed by atoms with Gasteiger partial charge in [0.1, 0.15) is 5.84 Å². The van der Waals surface area contributed by atoms with E-state index in [2.05, 4.69) is 16.5 Å². The summed E-state index contributed by atoms with van der Waals surface area (Å²) in [7, 11) is 0. The van der Waals surface area contributed by atoms with E-state index < -0.39 is 0 Å². The van der Waals surface area contributed by atoms with E-state index in [4.69, 9.17) is 5.73 Å². The molecule has 0 radical (unpaired) electrons. The van der Waals surface area contributed by atoms with Crippen LogP contribution >= 0.6 is 0 Å². The second kappa shape index (κ2) is 4.13. The number of rotatable bonds is 4. The largest absolute Gasteiger partial charge is 0.357 e. The lowest BCUT2D eigenvalue weighted by atomic mass is 10.3. The van der Waals surface area contributed by atoms with Gasteiger partial charge in [0.15, 0.2) is 0 Å². The second-order valence-electron chi connectivity index (χ2n) is 2.57. The molecule has 0 aromatic carbocycles. The molecule has 0 fully saturated rings. The number of nitrogens with two attached hydrogens (primary N) is 1. The van der Waals surface area contributed by atoms with Crippen molar-refractivity contribution < 1.29 is 0 Å². The quantitative estimate of drug-likeness (QED) is 0.588. The van der Waals surface area contributed by atoms with Gasteiger partial charge in [0.2, 0.25) is 0 Å². The number of nitrogens with zero attached hydrogens (tertiary/aromatic N) is 2. The average molecular weight is 153 g/mol. The summed E-state index contributed by atoms with van der Waals surface area (Å²) < 4.78 is 0. The van der Waals surface area contributed by atoms with Crippen LogP contribution in [0.2, 0.25) is 0 Å². The third-order valence-electron chi connectivity index (χ3n) is 1.76. The molecule has 0 unspecified atom stereocenters. The molecule has 62 valence electrons. The minimum Gasteiger partial charge on any atom is -0.357 e. The Bertz CT molecular complexity index is 163. The monoisotopic (exact) mass is 153 g/mol. The molecule has 0 bridgehead atoms. The zero-order chi connectivity index (χ0) is 8.10. The maximum absolute atomic E-state index is 5.44. The Kier molecular flexibility index (Phi) is 3.11. The van der Waals surface area contributed by atoms with Crippen LogP contribution in [0.4, 0.5) is 0 Å². The smallest absolute Gasteiger partial charge is 0.103 e. The van der Waals surface area contributed by atoms with E-state index in [0.29, 0.717) is 6.54 Å². The van der Waals surface area contributed by atoms with Gasteiger partial charge in [0, 0.05) is 26.1 Å². The average Bonchev–Trinajstić information content (AvgIpc) is 2.39. The molecule has 0 atom stereocenters. The maximum atomic E-state index is 5.44. The van der Waals surface area contributed by atoms with Gasteiger partial charge in [-0.2, -0.15) is 0 Å². The number of amidine groups is 1. The zero-order valence-electron chi connectivity index (χ0n) is 6.79. The Labute approximate surface area is 67.6 Å². The third-order valence-corrected chi connectivity index (χ3v) is 1.76. The minimum absolute atomic E-state index is 0.705. The van der Waals surface area contributed by atoms with Crippen molar-refractivity contribution in [3.63, 3.8) is 0 Å². The normalized spacial score (nSPS) is 16.8. The van der Waals surface area contributed by atoms with Gasteiger partial charge in [-0.05, 0) is 0 Å². The van der Waals surface area contributed by atoms with E-state index in [-0.39, 0.29) is 0 Å². The summed E-state index contributed by atoms with van der Waals surface area (Å²) in [5.41, 5.74) is 5.44. The molecule has 0 aromatic rings. The first-order chi connectivity index (χ1) is 5.38. The van der Waals surface area contributed by atoms with Crippen molar-refractivity contribution in [1.82, 2.24) is 4.90 Å². The van der Waals surface area contributed by atoms with Gasteiger partial charge in [0.05, 0.1) is 6.54 Å². The van der Waals surface area contributed by atoms with Crippen LogP contribution in [0.25, 0.3) is 0 Å². The van der Waals surface area contributed by atoms with Crippen molar-refractivity contribution in [3.8, 4) is 0 Å². The molecule has 1 aliphatic heterocycles. The van der Waals surface area contributed by atoms with Crippen molar-refractivity contribution in [2.75, 3.05) is 26.2 Å². The summed E-state index contributed by atoms with van der Waals surface area (Å²) in [6.07, 6.45) is 2.76. The molecule has 0 amide bonds. The van der Waals surface area contributed by atoms with Crippen LogP contribution in [0.3, 0.4) is 0 Å². The lowest BCUT2D eigenvalue weighted by Crippen LogP contribution is -2.32. The molecule has 3 nitrogen and oxygen atoms in total. The number of hydrogen-bond donors (Lipinski definition) is 1. The van der Waals surface area contributed by atoms with Crippen LogP contribution < -0.4 is 5.73 Å². The van der Waals surface area contributed by atoms with Gasteiger partial charge < -0.3 is 10.6 Å². The lowest BCUT2D eigenvalue weighted by molar-refractivity contribution is 0.463. The second-order valence-corrected chi connectivity index (χ2v) is 2.57. The molecule has 1 aliphatic rings. The van der Waals surface area contributed by atoms with Crippen LogP contribution in [0, 0.1) is 0 Å². The fraction of sp³-hybridized carbons (Fsp3) is 0.625. The fourth-order valence-electron chi connectivity index (χ4n) is 1.25. The fourth-order valence-corrected chi connectivity index (χ4v) is 1.25. The summed E-state index contributed by atoms with van der Waals surface area (Å²) in [6, 6.07) is 0. The van der Waals surface area contributed by atoms with Gasteiger partial charge in [-0.25, -0.2) is 0 Å². The number of hydrogen-bond acceptors (Lipinski definition) is 3. The van der Waals surface area contributed by atoms with E-state index >= 15 is 0 Å². The Morgan fingerprint density at radius 3 is 3.18 bits per heavy atom. The predicted molar refractivity (Wildman–Crippen MR) is 47.7 cm³/mol. The predicted octanol–water partition coefficient (Wildman–Crippen LogP) is 0.235. The van der Waals surface area contributed by atoms with E-state index in [9.17, 15) is 0 Å². The topological polar surface area (TPSA) is 41.6 Å². The van der Waals surface area contributed by atoms with E-state index in [1.165, 1.54) is 0 Å². The number of aliphatic imine (C=N–C) groups is 1. The first-order valence-corrected chi connectivity index (χ1v) is 3.97. The van der Waals surface area contributed by atoms with Crippen LogP contribution in [0.1, 0.15) is 6.42 Å².